The number of nitrogens with one attached hydrogen (secondary N) is 2. The summed E-state index contributed by atoms with van der Waals surface area (Å²) in [4.78, 5) is 6.64. The molecule has 0 saturated carbocycles. The van der Waals surface area contributed by atoms with Crippen molar-refractivity contribution >= 4 is 17.6 Å². The zero-order valence-corrected chi connectivity index (χ0v) is 18.1. The van der Waals surface area contributed by atoms with Crippen LogP contribution in [0.2, 0.25) is 5.02 Å². The van der Waals surface area contributed by atoms with E-state index < -0.39 is 0 Å². The lowest BCUT2D eigenvalue weighted by molar-refractivity contribution is 0.122. The van der Waals surface area contributed by atoms with Gasteiger partial charge < -0.3 is 10.6 Å². The van der Waals surface area contributed by atoms with Crippen molar-refractivity contribution in [3.05, 3.63) is 70.0 Å². The molecule has 2 aromatic carbocycles. The molecule has 1 fully saturated rings. The minimum Gasteiger partial charge on any atom is -0.356 e. The van der Waals surface area contributed by atoms with E-state index in [9.17, 15) is 4.39 Å². The summed E-state index contributed by atoms with van der Waals surface area (Å²) >= 11 is 6.23. The molecule has 3 rings (SSSR count). The Hall–Kier alpha value is -2.62. The molecule has 0 amide bonds. The SMILES string of the molecule is CN=C(NCc1cc(C#N)ccc1F)NCC1CCCN(C)C1c1cccc(Cl)c1. The van der Waals surface area contributed by atoms with E-state index in [4.69, 9.17) is 16.9 Å². The Morgan fingerprint density at radius 2 is 2.13 bits per heavy atom. The van der Waals surface area contributed by atoms with Gasteiger partial charge in [-0.1, -0.05) is 23.7 Å². The van der Waals surface area contributed by atoms with Crippen LogP contribution in [0.15, 0.2) is 47.5 Å². The van der Waals surface area contributed by atoms with Crippen molar-refractivity contribution in [1.29, 1.82) is 5.26 Å². The van der Waals surface area contributed by atoms with E-state index in [1.54, 1.807) is 13.1 Å². The fourth-order valence-electron chi connectivity index (χ4n) is 4.10. The summed E-state index contributed by atoms with van der Waals surface area (Å²) in [6.45, 7) is 2.04. The molecule has 2 N–H and O–H groups in total. The first kappa shape index (κ1) is 22.1. The molecule has 158 valence electrons. The lowest BCUT2D eigenvalue weighted by atomic mass is 9.85. The number of aliphatic imine (C=N–C) groups is 1. The molecule has 1 aliphatic heterocycles. The van der Waals surface area contributed by atoms with Gasteiger partial charge in [0.25, 0.3) is 0 Å². The van der Waals surface area contributed by atoms with Crippen LogP contribution < -0.4 is 10.6 Å². The molecule has 30 heavy (non-hydrogen) atoms. The van der Waals surface area contributed by atoms with Crippen LogP contribution in [0.4, 0.5) is 4.39 Å². The van der Waals surface area contributed by atoms with Crippen molar-refractivity contribution in [3.8, 4) is 6.07 Å². The second-order valence-electron chi connectivity index (χ2n) is 7.61. The van der Waals surface area contributed by atoms with Crippen LogP contribution in [0.1, 0.15) is 35.6 Å². The quantitative estimate of drug-likeness (QED) is 0.557. The van der Waals surface area contributed by atoms with E-state index in [-0.39, 0.29) is 18.4 Å². The summed E-state index contributed by atoms with van der Waals surface area (Å²) in [6.07, 6.45) is 2.24. The van der Waals surface area contributed by atoms with Crippen molar-refractivity contribution in [2.75, 3.05) is 27.2 Å². The molecule has 2 unspecified atom stereocenters. The highest BCUT2D eigenvalue weighted by Gasteiger charge is 2.30. The van der Waals surface area contributed by atoms with E-state index in [1.807, 2.05) is 24.3 Å². The second-order valence-corrected chi connectivity index (χ2v) is 8.04. The number of rotatable bonds is 5. The van der Waals surface area contributed by atoms with Gasteiger partial charge in [-0.05, 0) is 68.2 Å². The number of guanidine groups is 1. The zero-order chi connectivity index (χ0) is 21.5. The first-order chi connectivity index (χ1) is 14.5. The summed E-state index contributed by atoms with van der Waals surface area (Å²) in [6, 6.07) is 14.7. The van der Waals surface area contributed by atoms with E-state index >= 15 is 0 Å². The predicted molar refractivity (Wildman–Crippen MR) is 119 cm³/mol. The van der Waals surface area contributed by atoms with Crippen LogP contribution in [0.3, 0.4) is 0 Å². The Bertz CT molecular complexity index is 939. The molecule has 2 aromatic rings. The van der Waals surface area contributed by atoms with Crippen molar-refractivity contribution < 1.29 is 4.39 Å². The molecular weight excluding hydrogens is 401 g/mol. The third-order valence-corrected chi connectivity index (χ3v) is 5.81. The largest absolute Gasteiger partial charge is 0.356 e. The molecule has 0 aliphatic carbocycles. The van der Waals surface area contributed by atoms with Crippen LogP contribution in [-0.4, -0.2) is 38.0 Å². The number of piperidine rings is 1. The highest BCUT2D eigenvalue weighted by Crippen LogP contribution is 2.35. The van der Waals surface area contributed by atoms with Gasteiger partial charge in [0, 0.05) is 36.8 Å². The second kappa shape index (κ2) is 10.4. The summed E-state index contributed by atoms with van der Waals surface area (Å²) in [5.41, 5.74) is 2.09. The molecule has 5 nitrogen and oxygen atoms in total. The smallest absolute Gasteiger partial charge is 0.191 e. The minimum absolute atomic E-state index is 0.253. The van der Waals surface area contributed by atoms with Crippen LogP contribution in [-0.2, 0) is 6.54 Å². The molecular formula is C23H27ClFN5. The fraction of sp³-hybridized carbons (Fsp3) is 0.391. The topological polar surface area (TPSA) is 63.5 Å². The van der Waals surface area contributed by atoms with Crippen LogP contribution in [0, 0.1) is 23.1 Å². The van der Waals surface area contributed by atoms with Gasteiger partial charge in [0.15, 0.2) is 5.96 Å². The molecule has 7 heteroatoms. The Kier molecular flexibility index (Phi) is 7.67. The number of halogens is 2. The Morgan fingerprint density at radius 1 is 1.30 bits per heavy atom. The third-order valence-electron chi connectivity index (χ3n) is 5.57. The predicted octanol–water partition coefficient (Wildman–Crippen LogP) is 4.10. The van der Waals surface area contributed by atoms with Crippen molar-refractivity contribution in [1.82, 2.24) is 15.5 Å². The summed E-state index contributed by atoms with van der Waals surface area (Å²) < 4.78 is 14.0. The first-order valence-corrected chi connectivity index (χ1v) is 10.5. The van der Waals surface area contributed by atoms with E-state index in [0.717, 1.165) is 31.0 Å². The van der Waals surface area contributed by atoms with Crippen LogP contribution in [0.25, 0.3) is 0 Å². The van der Waals surface area contributed by atoms with Gasteiger partial charge in [-0.3, -0.25) is 9.89 Å². The average molecular weight is 428 g/mol. The lowest BCUT2D eigenvalue weighted by Gasteiger charge is -2.40. The molecule has 0 aromatic heterocycles. The number of nitriles is 1. The number of likely N-dealkylation sites (tertiary alicyclic amines) is 1. The number of hydrogen-bond acceptors (Lipinski definition) is 3. The fourth-order valence-corrected chi connectivity index (χ4v) is 4.30. The van der Waals surface area contributed by atoms with Gasteiger partial charge in [-0.25, -0.2) is 4.39 Å². The number of nitrogens with zero attached hydrogens (tertiary/aromatic N) is 3. The van der Waals surface area contributed by atoms with Gasteiger partial charge in [-0.15, -0.1) is 0 Å². The summed E-state index contributed by atoms with van der Waals surface area (Å²) in [7, 11) is 3.84. The highest BCUT2D eigenvalue weighted by atomic mass is 35.5. The van der Waals surface area contributed by atoms with Gasteiger partial charge in [0.05, 0.1) is 11.6 Å². The van der Waals surface area contributed by atoms with Crippen molar-refractivity contribution in [2.24, 2.45) is 10.9 Å². The molecule has 1 heterocycles. The Balaban J connectivity index is 1.64. The van der Waals surface area contributed by atoms with E-state index in [1.165, 1.54) is 17.7 Å². The average Bonchev–Trinajstić information content (AvgIpc) is 2.75. The van der Waals surface area contributed by atoms with E-state index in [2.05, 4.69) is 33.6 Å². The van der Waals surface area contributed by atoms with Gasteiger partial charge in [0.2, 0.25) is 0 Å². The van der Waals surface area contributed by atoms with Gasteiger partial charge in [0.1, 0.15) is 5.82 Å². The minimum atomic E-state index is -0.341. The number of hydrogen-bond donors (Lipinski definition) is 2. The Labute approximate surface area is 182 Å². The molecule has 1 aliphatic rings. The molecule has 0 bridgehead atoms. The molecule has 2 atom stereocenters. The zero-order valence-electron chi connectivity index (χ0n) is 17.3. The van der Waals surface area contributed by atoms with Crippen LogP contribution in [0.5, 0.6) is 0 Å². The molecule has 0 radical (unpaired) electrons. The van der Waals surface area contributed by atoms with E-state index in [0.29, 0.717) is 23.0 Å². The summed E-state index contributed by atoms with van der Waals surface area (Å²) in [5.74, 6) is 0.654. The molecule has 0 spiro atoms. The van der Waals surface area contributed by atoms with Crippen molar-refractivity contribution in [3.63, 3.8) is 0 Å². The first-order valence-electron chi connectivity index (χ1n) is 10.1. The van der Waals surface area contributed by atoms with Crippen molar-refractivity contribution in [2.45, 2.75) is 25.4 Å². The lowest BCUT2D eigenvalue weighted by Crippen LogP contribution is -2.44. The maximum Gasteiger partial charge on any atom is 0.191 e. The maximum absolute atomic E-state index is 14.0. The monoisotopic (exact) mass is 427 g/mol. The summed E-state index contributed by atoms with van der Waals surface area (Å²) in [5, 5.41) is 16.3. The number of benzene rings is 2. The van der Waals surface area contributed by atoms with Gasteiger partial charge >= 0.3 is 0 Å². The van der Waals surface area contributed by atoms with Crippen LogP contribution >= 0.6 is 11.6 Å². The molecule has 1 saturated heterocycles. The maximum atomic E-state index is 14.0. The standard InChI is InChI=1S/C23H27ClFN5/c1-27-23(29-15-19-11-16(13-26)8-9-21(19)25)28-14-18-6-4-10-30(2)22(18)17-5-3-7-20(24)12-17/h3,5,7-9,11-12,18,22H,4,6,10,14-15H2,1-2H3,(H2,27,28,29). The Morgan fingerprint density at radius 3 is 2.87 bits per heavy atom. The third kappa shape index (κ3) is 5.50. The normalized spacial score (nSPS) is 19.9. The highest BCUT2D eigenvalue weighted by molar-refractivity contribution is 6.30. The van der Waals surface area contributed by atoms with Gasteiger partial charge in [-0.2, -0.15) is 5.26 Å².